The molecule has 0 aliphatic carbocycles. The fourth-order valence-electron chi connectivity index (χ4n) is 3.27. The number of fused-ring (bicyclic) bond motifs is 1. The highest BCUT2D eigenvalue weighted by atomic mass is 32.2. The second-order valence-corrected chi connectivity index (χ2v) is 9.22. The minimum Gasteiger partial charge on any atom is -0.486 e. The quantitative estimate of drug-likeness (QED) is 0.473. The average molecular weight is 479 g/mol. The van der Waals surface area contributed by atoms with E-state index in [1.165, 1.54) is 12.1 Å². The summed E-state index contributed by atoms with van der Waals surface area (Å²) < 4.78 is 38.9. The number of rotatable bonds is 7. The largest absolute Gasteiger partial charge is 0.486 e. The standard InChI is InChI=1S/C24H22N4O5S/c1-16(24(29)27-20-4-2-3-17(13-20)15-25)26-18-5-7-19(8-6-18)28-34(30,31)21-9-10-22-23(14-21)33-12-11-32-22/h2-10,13-14,16,26,28H,11-12H2,1H3,(H,27,29). The molecule has 1 amide bonds. The van der Waals surface area contributed by atoms with Crippen molar-refractivity contribution in [2.45, 2.75) is 17.9 Å². The average Bonchev–Trinajstić information content (AvgIpc) is 2.84. The van der Waals surface area contributed by atoms with E-state index in [9.17, 15) is 13.2 Å². The van der Waals surface area contributed by atoms with Gasteiger partial charge in [0.25, 0.3) is 10.0 Å². The maximum Gasteiger partial charge on any atom is 0.262 e. The van der Waals surface area contributed by atoms with Crippen LogP contribution in [0.3, 0.4) is 0 Å². The molecule has 3 aromatic rings. The van der Waals surface area contributed by atoms with Crippen LogP contribution < -0.4 is 24.8 Å². The molecule has 4 rings (SSSR count). The summed E-state index contributed by atoms with van der Waals surface area (Å²) in [7, 11) is -3.83. The van der Waals surface area contributed by atoms with Gasteiger partial charge in [-0.05, 0) is 61.5 Å². The Kier molecular flexibility index (Phi) is 6.56. The number of sulfonamides is 1. The van der Waals surface area contributed by atoms with Crippen molar-refractivity contribution in [3.63, 3.8) is 0 Å². The molecule has 0 radical (unpaired) electrons. The second kappa shape index (κ2) is 9.72. The zero-order valence-corrected chi connectivity index (χ0v) is 19.1. The molecular weight excluding hydrogens is 456 g/mol. The smallest absolute Gasteiger partial charge is 0.262 e. The first-order chi connectivity index (χ1) is 16.3. The Bertz CT molecular complexity index is 1350. The second-order valence-electron chi connectivity index (χ2n) is 7.54. The number of anilines is 3. The van der Waals surface area contributed by atoms with E-state index in [-0.39, 0.29) is 10.8 Å². The summed E-state index contributed by atoms with van der Waals surface area (Å²) in [6, 6.07) is 19.1. The molecule has 1 aliphatic rings. The van der Waals surface area contributed by atoms with Gasteiger partial charge in [0.05, 0.1) is 16.5 Å². The van der Waals surface area contributed by atoms with E-state index in [0.717, 1.165) is 0 Å². The number of hydrogen-bond donors (Lipinski definition) is 3. The lowest BCUT2D eigenvalue weighted by Crippen LogP contribution is -2.31. The number of carbonyl (C=O) groups is 1. The number of amides is 1. The van der Waals surface area contributed by atoms with Gasteiger partial charge in [-0.25, -0.2) is 8.42 Å². The molecule has 3 aromatic carbocycles. The van der Waals surface area contributed by atoms with Gasteiger partial charge in [-0.2, -0.15) is 5.26 Å². The van der Waals surface area contributed by atoms with Crippen LogP contribution in [-0.4, -0.2) is 33.6 Å². The van der Waals surface area contributed by atoms with Crippen molar-refractivity contribution in [2.24, 2.45) is 0 Å². The molecule has 0 bridgehead atoms. The van der Waals surface area contributed by atoms with Crippen LogP contribution in [0.25, 0.3) is 0 Å². The Morgan fingerprint density at radius 1 is 0.941 bits per heavy atom. The van der Waals surface area contributed by atoms with Crippen molar-refractivity contribution in [3.8, 4) is 17.6 Å². The van der Waals surface area contributed by atoms with Crippen molar-refractivity contribution >= 4 is 33.0 Å². The van der Waals surface area contributed by atoms with Crippen LogP contribution in [0.1, 0.15) is 12.5 Å². The maximum absolute atomic E-state index is 12.8. The van der Waals surface area contributed by atoms with E-state index in [4.69, 9.17) is 14.7 Å². The molecule has 1 aliphatic heterocycles. The lowest BCUT2D eigenvalue weighted by atomic mass is 10.2. The number of hydrogen-bond acceptors (Lipinski definition) is 7. The third-order valence-electron chi connectivity index (χ3n) is 5.00. The predicted molar refractivity (Wildman–Crippen MR) is 128 cm³/mol. The zero-order valence-electron chi connectivity index (χ0n) is 18.2. The van der Waals surface area contributed by atoms with E-state index < -0.39 is 16.1 Å². The van der Waals surface area contributed by atoms with Crippen LogP contribution >= 0.6 is 0 Å². The third-order valence-corrected chi connectivity index (χ3v) is 6.38. The Balaban J connectivity index is 1.38. The summed E-state index contributed by atoms with van der Waals surface area (Å²) in [5.74, 6) is 0.621. The molecule has 9 nitrogen and oxygen atoms in total. The van der Waals surface area contributed by atoms with Crippen LogP contribution in [0.2, 0.25) is 0 Å². The molecule has 10 heteroatoms. The number of nitrogens with one attached hydrogen (secondary N) is 3. The molecule has 1 unspecified atom stereocenters. The topological polar surface area (TPSA) is 130 Å². The van der Waals surface area contributed by atoms with Gasteiger partial charge in [-0.3, -0.25) is 9.52 Å². The maximum atomic E-state index is 12.8. The summed E-state index contributed by atoms with van der Waals surface area (Å²) in [5, 5.41) is 14.8. The molecule has 1 heterocycles. The monoisotopic (exact) mass is 478 g/mol. The lowest BCUT2D eigenvalue weighted by molar-refractivity contribution is -0.116. The molecule has 1 atom stereocenters. The van der Waals surface area contributed by atoms with E-state index >= 15 is 0 Å². The van der Waals surface area contributed by atoms with Crippen molar-refractivity contribution < 1.29 is 22.7 Å². The summed E-state index contributed by atoms with van der Waals surface area (Å²) in [4.78, 5) is 12.5. The van der Waals surface area contributed by atoms with E-state index in [0.29, 0.717) is 47.3 Å². The first kappa shape index (κ1) is 22.9. The van der Waals surface area contributed by atoms with Crippen molar-refractivity contribution in [1.82, 2.24) is 0 Å². The zero-order chi connectivity index (χ0) is 24.1. The van der Waals surface area contributed by atoms with Crippen LogP contribution in [-0.2, 0) is 14.8 Å². The van der Waals surface area contributed by atoms with E-state index in [2.05, 4.69) is 15.4 Å². The number of nitrogens with zero attached hydrogens (tertiary/aromatic N) is 1. The fourth-order valence-corrected chi connectivity index (χ4v) is 4.35. The van der Waals surface area contributed by atoms with Crippen LogP contribution in [0.5, 0.6) is 11.5 Å². The highest BCUT2D eigenvalue weighted by Gasteiger charge is 2.20. The Morgan fingerprint density at radius 2 is 1.65 bits per heavy atom. The van der Waals surface area contributed by atoms with Crippen LogP contribution in [0.4, 0.5) is 17.1 Å². The molecule has 0 saturated carbocycles. The van der Waals surface area contributed by atoms with Gasteiger partial charge in [0, 0.05) is 23.1 Å². The summed E-state index contributed by atoms with van der Waals surface area (Å²) in [5.41, 5.74) is 1.98. The molecule has 3 N–H and O–H groups in total. The first-order valence-electron chi connectivity index (χ1n) is 10.4. The Labute approximate surface area is 197 Å². The van der Waals surface area contributed by atoms with Gasteiger partial charge >= 0.3 is 0 Å². The van der Waals surface area contributed by atoms with Crippen LogP contribution in [0, 0.1) is 11.3 Å². The van der Waals surface area contributed by atoms with Gasteiger partial charge < -0.3 is 20.1 Å². The highest BCUT2D eigenvalue weighted by Crippen LogP contribution is 2.32. The fraction of sp³-hybridized carbons (Fsp3) is 0.167. The summed E-state index contributed by atoms with van der Waals surface area (Å²) >= 11 is 0. The normalized spacial score (nSPS) is 13.3. The number of carbonyl (C=O) groups excluding carboxylic acids is 1. The molecule has 34 heavy (non-hydrogen) atoms. The van der Waals surface area contributed by atoms with Crippen molar-refractivity contribution in [1.29, 1.82) is 5.26 Å². The van der Waals surface area contributed by atoms with Crippen LogP contribution in [0.15, 0.2) is 71.6 Å². The highest BCUT2D eigenvalue weighted by molar-refractivity contribution is 7.92. The van der Waals surface area contributed by atoms with Gasteiger partial charge in [0.1, 0.15) is 19.3 Å². The molecule has 0 saturated heterocycles. The number of ether oxygens (including phenoxy) is 2. The lowest BCUT2D eigenvalue weighted by Gasteiger charge is -2.19. The predicted octanol–water partition coefficient (Wildman–Crippen LogP) is 3.57. The first-order valence-corrected chi connectivity index (χ1v) is 11.9. The Morgan fingerprint density at radius 3 is 2.38 bits per heavy atom. The molecule has 0 aromatic heterocycles. The molecule has 0 spiro atoms. The molecular formula is C24H22N4O5S. The number of benzene rings is 3. The summed E-state index contributed by atoms with van der Waals surface area (Å²) in [6.07, 6.45) is 0. The Hall–Kier alpha value is -4.23. The minimum atomic E-state index is -3.83. The van der Waals surface area contributed by atoms with Crippen molar-refractivity contribution in [2.75, 3.05) is 28.6 Å². The van der Waals surface area contributed by atoms with E-state index in [1.807, 2.05) is 6.07 Å². The number of nitriles is 1. The van der Waals surface area contributed by atoms with Crippen molar-refractivity contribution in [3.05, 3.63) is 72.3 Å². The van der Waals surface area contributed by atoms with Gasteiger partial charge in [-0.15, -0.1) is 0 Å². The van der Waals surface area contributed by atoms with Gasteiger partial charge in [0.15, 0.2) is 11.5 Å². The SMILES string of the molecule is CC(Nc1ccc(NS(=O)(=O)c2ccc3c(c2)OCCO3)cc1)C(=O)Nc1cccc(C#N)c1. The molecule has 0 fully saturated rings. The summed E-state index contributed by atoms with van der Waals surface area (Å²) in [6.45, 7) is 2.48. The van der Waals surface area contributed by atoms with E-state index in [1.54, 1.807) is 61.5 Å². The minimum absolute atomic E-state index is 0.0599. The third kappa shape index (κ3) is 5.39. The van der Waals surface area contributed by atoms with Gasteiger partial charge in [0.2, 0.25) is 5.91 Å². The molecule has 174 valence electrons. The van der Waals surface area contributed by atoms with Gasteiger partial charge in [-0.1, -0.05) is 6.07 Å².